The molecule has 1 N–H and O–H groups in total. The summed E-state index contributed by atoms with van der Waals surface area (Å²) in [6, 6.07) is 7.60. The van der Waals surface area contributed by atoms with E-state index in [9.17, 15) is 0 Å². The molecule has 0 atom stereocenters. The molecule has 74 valence electrons. The minimum absolute atomic E-state index is 0.0840. The Bertz CT molecular complexity index is 346. The van der Waals surface area contributed by atoms with Crippen LogP contribution in [0.15, 0.2) is 22.7 Å². The number of nitriles is 1. The molecular formula is C10H11BrN2O. The molecule has 0 radical (unpaired) electrons. The first-order valence-electron chi connectivity index (χ1n) is 4.20. The third-order valence-electron chi connectivity index (χ3n) is 1.69. The molecule has 0 saturated heterocycles. The lowest BCUT2D eigenvalue weighted by Crippen LogP contribution is -2.06. The van der Waals surface area contributed by atoms with E-state index in [2.05, 4.69) is 21.2 Å². The Morgan fingerprint density at radius 1 is 1.57 bits per heavy atom. The molecule has 0 aliphatic rings. The highest BCUT2D eigenvalue weighted by Crippen LogP contribution is 2.22. The van der Waals surface area contributed by atoms with E-state index in [1.807, 2.05) is 31.3 Å². The van der Waals surface area contributed by atoms with Gasteiger partial charge in [-0.15, -0.1) is 0 Å². The Labute approximate surface area is 91.8 Å². The maximum atomic E-state index is 8.36. The lowest BCUT2D eigenvalue weighted by Gasteiger charge is -2.07. The molecule has 0 unspecified atom stereocenters. The zero-order chi connectivity index (χ0) is 10.4. The van der Waals surface area contributed by atoms with Crippen LogP contribution in [0.2, 0.25) is 0 Å². The minimum Gasteiger partial charge on any atom is -0.479 e. The molecule has 0 saturated carbocycles. The predicted molar refractivity (Wildman–Crippen MR) is 58.0 cm³/mol. The molecule has 0 fully saturated rings. The van der Waals surface area contributed by atoms with Crippen LogP contribution >= 0.6 is 15.9 Å². The van der Waals surface area contributed by atoms with Gasteiger partial charge in [-0.1, -0.05) is 15.9 Å². The zero-order valence-corrected chi connectivity index (χ0v) is 9.47. The van der Waals surface area contributed by atoms with Gasteiger partial charge in [0.2, 0.25) is 0 Å². The molecule has 0 amide bonds. The summed E-state index contributed by atoms with van der Waals surface area (Å²) in [5.74, 6) is 0.722. The van der Waals surface area contributed by atoms with Gasteiger partial charge in [-0.3, -0.25) is 0 Å². The van der Waals surface area contributed by atoms with E-state index < -0.39 is 0 Å². The second-order valence-corrected chi connectivity index (χ2v) is 3.58. The van der Waals surface area contributed by atoms with Crippen LogP contribution in [0.4, 0.5) is 0 Å². The summed E-state index contributed by atoms with van der Waals surface area (Å²) in [5.41, 5.74) is 1.11. The predicted octanol–water partition coefficient (Wildman–Crippen LogP) is 2.07. The molecule has 3 nitrogen and oxygen atoms in total. The van der Waals surface area contributed by atoms with Crippen molar-refractivity contribution in [3.8, 4) is 11.8 Å². The van der Waals surface area contributed by atoms with Crippen molar-refractivity contribution < 1.29 is 4.74 Å². The first-order valence-corrected chi connectivity index (χ1v) is 5.00. The van der Waals surface area contributed by atoms with E-state index in [1.165, 1.54) is 0 Å². The minimum atomic E-state index is 0.0840. The average Bonchev–Trinajstić information content (AvgIpc) is 2.19. The number of hydrogen-bond donors (Lipinski definition) is 1. The van der Waals surface area contributed by atoms with Crippen LogP contribution in [0.25, 0.3) is 0 Å². The maximum Gasteiger partial charge on any atom is 0.174 e. The van der Waals surface area contributed by atoms with Crippen LogP contribution in [0.3, 0.4) is 0 Å². The highest BCUT2D eigenvalue weighted by atomic mass is 79.9. The van der Waals surface area contributed by atoms with Crippen LogP contribution in [0, 0.1) is 11.3 Å². The van der Waals surface area contributed by atoms with Crippen LogP contribution in [0.1, 0.15) is 5.56 Å². The molecule has 0 spiro atoms. The van der Waals surface area contributed by atoms with Crippen molar-refractivity contribution in [1.29, 1.82) is 5.26 Å². The number of benzene rings is 1. The number of nitrogens with one attached hydrogen (secondary N) is 1. The summed E-state index contributed by atoms with van der Waals surface area (Å²) in [7, 11) is 1.88. The first-order chi connectivity index (χ1) is 6.77. The smallest absolute Gasteiger partial charge is 0.174 e. The largest absolute Gasteiger partial charge is 0.479 e. The monoisotopic (exact) mass is 254 g/mol. The third kappa shape index (κ3) is 3.02. The normalized spacial score (nSPS) is 9.50. The number of ether oxygens (including phenoxy) is 1. The second-order valence-electron chi connectivity index (χ2n) is 2.73. The fourth-order valence-electron chi connectivity index (χ4n) is 1.08. The van der Waals surface area contributed by atoms with Crippen LogP contribution in [-0.4, -0.2) is 13.7 Å². The fraction of sp³-hybridized carbons (Fsp3) is 0.300. The van der Waals surface area contributed by atoms with Gasteiger partial charge in [-0.05, 0) is 30.8 Å². The summed E-state index contributed by atoms with van der Waals surface area (Å²) in [5, 5.41) is 11.4. The van der Waals surface area contributed by atoms with Crippen molar-refractivity contribution in [1.82, 2.24) is 5.32 Å². The molecule has 1 aromatic carbocycles. The molecular weight excluding hydrogens is 244 g/mol. The highest BCUT2D eigenvalue weighted by Gasteiger charge is 2.01. The maximum absolute atomic E-state index is 8.36. The van der Waals surface area contributed by atoms with E-state index in [0.29, 0.717) is 0 Å². The molecule has 0 bridgehead atoms. The SMILES string of the molecule is CNCc1cc(OCC#N)ccc1Br. The van der Waals surface area contributed by atoms with Gasteiger partial charge in [0.25, 0.3) is 0 Å². The lowest BCUT2D eigenvalue weighted by atomic mass is 10.2. The van der Waals surface area contributed by atoms with Crippen LogP contribution in [-0.2, 0) is 6.54 Å². The van der Waals surface area contributed by atoms with Gasteiger partial charge in [0, 0.05) is 11.0 Å². The van der Waals surface area contributed by atoms with Gasteiger partial charge in [0.15, 0.2) is 6.61 Å². The van der Waals surface area contributed by atoms with E-state index in [1.54, 1.807) is 0 Å². The van der Waals surface area contributed by atoms with E-state index in [4.69, 9.17) is 10.00 Å². The van der Waals surface area contributed by atoms with Crippen LogP contribution < -0.4 is 10.1 Å². The number of hydrogen-bond acceptors (Lipinski definition) is 3. The molecule has 1 aromatic rings. The molecule has 0 aromatic heterocycles. The first kappa shape index (κ1) is 11.0. The van der Waals surface area contributed by atoms with Crippen molar-refractivity contribution in [2.45, 2.75) is 6.54 Å². The second kappa shape index (κ2) is 5.63. The molecule has 14 heavy (non-hydrogen) atoms. The Morgan fingerprint density at radius 2 is 2.36 bits per heavy atom. The molecule has 1 rings (SSSR count). The van der Waals surface area contributed by atoms with Crippen molar-refractivity contribution in [2.75, 3.05) is 13.7 Å². The third-order valence-corrected chi connectivity index (χ3v) is 2.46. The number of nitrogens with zero attached hydrogens (tertiary/aromatic N) is 1. The summed E-state index contributed by atoms with van der Waals surface area (Å²) in [4.78, 5) is 0. The van der Waals surface area contributed by atoms with Gasteiger partial charge < -0.3 is 10.1 Å². The van der Waals surface area contributed by atoms with Gasteiger partial charge in [0.1, 0.15) is 11.8 Å². The van der Waals surface area contributed by atoms with Gasteiger partial charge >= 0.3 is 0 Å². The Morgan fingerprint density at radius 3 is 3.00 bits per heavy atom. The standard InChI is InChI=1S/C10H11BrN2O/c1-13-7-8-6-9(14-5-4-12)2-3-10(8)11/h2-3,6,13H,5,7H2,1H3. The van der Waals surface area contributed by atoms with Gasteiger partial charge in [0.05, 0.1) is 0 Å². The Hall–Kier alpha value is -1.05. The zero-order valence-electron chi connectivity index (χ0n) is 7.88. The molecule has 0 heterocycles. The van der Waals surface area contributed by atoms with Crippen LogP contribution in [0.5, 0.6) is 5.75 Å². The highest BCUT2D eigenvalue weighted by molar-refractivity contribution is 9.10. The quantitative estimate of drug-likeness (QED) is 0.895. The van der Waals surface area contributed by atoms with Gasteiger partial charge in [-0.25, -0.2) is 0 Å². The Balaban J connectivity index is 2.78. The van der Waals surface area contributed by atoms with Crippen molar-refractivity contribution in [3.05, 3.63) is 28.2 Å². The van der Waals surface area contributed by atoms with E-state index in [-0.39, 0.29) is 6.61 Å². The average molecular weight is 255 g/mol. The van der Waals surface area contributed by atoms with E-state index >= 15 is 0 Å². The summed E-state index contributed by atoms with van der Waals surface area (Å²) in [6.07, 6.45) is 0. The van der Waals surface area contributed by atoms with Crippen molar-refractivity contribution in [3.63, 3.8) is 0 Å². The lowest BCUT2D eigenvalue weighted by molar-refractivity contribution is 0.367. The summed E-state index contributed by atoms with van der Waals surface area (Å²) >= 11 is 3.44. The van der Waals surface area contributed by atoms with Gasteiger partial charge in [-0.2, -0.15) is 5.26 Å². The Kier molecular flexibility index (Phi) is 4.44. The summed E-state index contributed by atoms with van der Waals surface area (Å²) < 4.78 is 6.23. The number of halogens is 1. The van der Waals surface area contributed by atoms with Crippen molar-refractivity contribution in [2.24, 2.45) is 0 Å². The van der Waals surface area contributed by atoms with E-state index in [0.717, 1.165) is 22.3 Å². The molecule has 4 heteroatoms. The summed E-state index contributed by atoms with van der Waals surface area (Å²) in [6.45, 7) is 0.852. The molecule has 0 aliphatic heterocycles. The van der Waals surface area contributed by atoms with Crippen molar-refractivity contribution >= 4 is 15.9 Å². The molecule has 0 aliphatic carbocycles. The topological polar surface area (TPSA) is 45.0 Å². The fourth-order valence-corrected chi connectivity index (χ4v) is 1.47. The number of rotatable bonds is 4.